The van der Waals surface area contributed by atoms with E-state index in [1.807, 2.05) is 0 Å². The van der Waals surface area contributed by atoms with Crippen molar-refractivity contribution in [2.45, 2.75) is 24.9 Å². The quantitative estimate of drug-likeness (QED) is 0.707. The highest BCUT2D eigenvalue weighted by molar-refractivity contribution is 7.99. The highest BCUT2D eigenvalue weighted by Gasteiger charge is 2.41. The number of urea groups is 1. The van der Waals surface area contributed by atoms with Gasteiger partial charge in [0.15, 0.2) is 0 Å². The molecule has 8 heteroatoms. The van der Waals surface area contributed by atoms with E-state index in [0.717, 1.165) is 6.42 Å². The fraction of sp³-hybridized carbons (Fsp3) is 0.700. The standard InChI is InChI=1S/C10H15N3O4S/c11-8(14)6-2-1-3-12(6)10(17)13-5-18-4-7(13)9(15)16/h6-7H,1-5H2,(H2,11,14)(H,15,16). The molecule has 0 radical (unpaired) electrons. The van der Waals surface area contributed by atoms with Gasteiger partial charge in [0.05, 0.1) is 5.88 Å². The highest BCUT2D eigenvalue weighted by Crippen LogP contribution is 2.26. The Labute approximate surface area is 108 Å². The van der Waals surface area contributed by atoms with Gasteiger partial charge in [-0.1, -0.05) is 0 Å². The molecule has 0 aromatic carbocycles. The van der Waals surface area contributed by atoms with E-state index >= 15 is 0 Å². The first-order valence-electron chi connectivity index (χ1n) is 5.69. The van der Waals surface area contributed by atoms with Crippen LogP contribution in [0.25, 0.3) is 0 Å². The number of carbonyl (C=O) groups is 3. The zero-order chi connectivity index (χ0) is 13.3. The molecule has 0 aromatic heterocycles. The van der Waals surface area contributed by atoms with Gasteiger partial charge in [-0.2, -0.15) is 0 Å². The molecule has 2 saturated heterocycles. The molecule has 2 atom stereocenters. The second-order valence-corrected chi connectivity index (χ2v) is 5.36. The number of carboxylic acids is 1. The molecule has 3 N–H and O–H groups in total. The highest BCUT2D eigenvalue weighted by atomic mass is 32.2. The van der Waals surface area contributed by atoms with Crippen molar-refractivity contribution in [3.05, 3.63) is 0 Å². The molecule has 2 fully saturated rings. The number of primary amides is 1. The van der Waals surface area contributed by atoms with Crippen molar-refractivity contribution in [2.75, 3.05) is 18.2 Å². The van der Waals surface area contributed by atoms with E-state index < -0.39 is 30.0 Å². The molecule has 0 bridgehead atoms. The minimum atomic E-state index is -1.01. The number of nitrogens with zero attached hydrogens (tertiary/aromatic N) is 2. The third kappa shape index (κ3) is 2.24. The lowest BCUT2D eigenvalue weighted by molar-refractivity contribution is -0.140. The van der Waals surface area contributed by atoms with Crippen LogP contribution in [-0.4, -0.2) is 63.1 Å². The summed E-state index contributed by atoms with van der Waals surface area (Å²) in [6.45, 7) is 0.458. The Balaban J connectivity index is 2.11. The summed E-state index contributed by atoms with van der Waals surface area (Å²) in [5.41, 5.74) is 5.25. The van der Waals surface area contributed by atoms with Gasteiger partial charge in [0.1, 0.15) is 12.1 Å². The predicted molar refractivity (Wildman–Crippen MR) is 64.9 cm³/mol. The van der Waals surface area contributed by atoms with E-state index in [9.17, 15) is 14.4 Å². The summed E-state index contributed by atoms with van der Waals surface area (Å²) >= 11 is 1.40. The van der Waals surface area contributed by atoms with E-state index in [0.29, 0.717) is 24.6 Å². The molecule has 100 valence electrons. The SMILES string of the molecule is NC(=O)C1CCCN1C(=O)N1CSCC1C(=O)O. The number of hydrogen-bond acceptors (Lipinski definition) is 4. The number of aliphatic carboxylic acids is 1. The average Bonchev–Trinajstić information content (AvgIpc) is 2.97. The van der Waals surface area contributed by atoms with Gasteiger partial charge >= 0.3 is 12.0 Å². The third-order valence-corrected chi connectivity index (χ3v) is 4.25. The maximum Gasteiger partial charge on any atom is 0.327 e. The molecular weight excluding hydrogens is 258 g/mol. The van der Waals surface area contributed by atoms with Gasteiger partial charge in [0.25, 0.3) is 0 Å². The fourth-order valence-corrected chi connectivity index (χ4v) is 3.43. The molecule has 2 aliphatic heterocycles. The van der Waals surface area contributed by atoms with E-state index in [1.165, 1.54) is 21.6 Å². The van der Waals surface area contributed by atoms with Crippen molar-refractivity contribution < 1.29 is 19.5 Å². The van der Waals surface area contributed by atoms with Crippen LogP contribution in [0.4, 0.5) is 4.79 Å². The molecule has 3 amide bonds. The van der Waals surface area contributed by atoms with Crippen molar-refractivity contribution in [3.63, 3.8) is 0 Å². The Hall–Kier alpha value is -1.44. The molecular formula is C10H15N3O4S. The number of nitrogens with two attached hydrogens (primary N) is 1. The zero-order valence-electron chi connectivity index (χ0n) is 9.74. The van der Waals surface area contributed by atoms with Crippen molar-refractivity contribution >= 4 is 29.7 Å². The second kappa shape index (κ2) is 5.05. The van der Waals surface area contributed by atoms with Crippen molar-refractivity contribution in [2.24, 2.45) is 5.73 Å². The van der Waals surface area contributed by atoms with Gasteiger partial charge in [0.2, 0.25) is 5.91 Å². The maximum atomic E-state index is 12.2. The second-order valence-electron chi connectivity index (χ2n) is 4.36. The zero-order valence-corrected chi connectivity index (χ0v) is 10.6. The minimum absolute atomic E-state index is 0.345. The number of carboxylic acid groups (broad SMARTS) is 1. The van der Waals surface area contributed by atoms with Crippen molar-refractivity contribution in [1.82, 2.24) is 9.80 Å². The molecule has 2 aliphatic rings. The fourth-order valence-electron chi connectivity index (χ4n) is 2.29. The molecule has 2 rings (SSSR count). The molecule has 0 saturated carbocycles. The first-order chi connectivity index (χ1) is 8.52. The van der Waals surface area contributed by atoms with Gasteiger partial charge in [-0.05, 0) is 12.8 Å². The van der Waals surface area contributed by atoms with E-state index in [-0.39, 0.29) is 0 Å². The Morgan fingerprint density at radius 2 is 1.94 bits per heavy atom. The number of hydrogen-bond donors (Lipinski definition) is 2. The van der Waals surface area contributed by atoms with Crippen LogP contribution in [0.15, 0.2) is 0 Å². The Morgan fingerprint density at radius 3 is 2.56 bits per heavy atom. The van der Waals surface area contributed by atoms with Crippen LogP contribution in [0.5, 0.6) is 0 Å². The number of likely N-dealkylation sites (tertiary alicyclic amines) is 1. The largest absolute Gasteiger partial charge is 0.480 e. The van der Waals surface area contributed by atoms with Crippen LogP contribution >= 0.6 is 11.8 Å². The molecule has 2 unspecified atom stereocenters. The van der Waals surface area contributed by atoms with Crippen LogP contribution in [0.2, 0.25) is 0 Å². The van der Waals surface area contributed by atoms with E-state index in [2.05, 4.69) is 0 Å². The summed E-state index contributed by atoms with van der Waals surface area (Å²) in [7, 11) is 0. The van der Waals surface area contributed by atoms with E-state index in [4.69, 9.17) is 10.8 Å². The van der Waals surface area contributed by atoms with Gasteiger partial charge in [-0.15, -0.1) is 11.8 Å². The molecule has 0 spiro atoms. The van der Waals surface area contributed by atoms with Crippen molar-refractivity contribution in [3.8, 4) is 0 Å². The minimum Gasteiger partial charge on any atom is -0.480 e. The number of amides is 3. The van der Waals surface area contributed by atoms with Crippen LogP contribution < -0.4 is 5.73 Å². The molecule has 0 aliphatic carbocycles. The third-order valence-electron chi connectivity index (χ3n) is 3.24. The summed E-state index contributed by atoms with van der Waals surface area (Å²) in [4.78, 5) is 37.2. The van der Waals surface area contributed by atoms with Crippen molar-refractivity contribution in [1.29, 1.82) is 0 Å². The summed E-state index contributed by atoms with van der Waals surface area (Å²) in [5, 5.41) is 9.03. The maximum absolute atomic E-state index is 12.2. The summed E-state index contributed by atoms with van der Waals surface area (Å²) < 4.78 is 0. The van der Waals surface area contributed by atoms with Gasteiger partial charge in [-0.3, -0.25) is 4.79 Å². The Kier molecular flexibility index (Phi) is 3.65. The lowest BCUT2D eigenvalue weighted by atomic mass is 10.2. The first-order valence-corrected chi connectivity index (χ1v) is 6.85. The monoisotopic (exact) mass is 273 g/mol. The number of carbonyl (C=O) groups excluding carboxylic acids is 2. The Bertz CT molecular complexity index is 355. The van der Waals surface area contributed by atoms with Crippen LogP contribution in [0.1, 0.15) is 12.8 Å². The normalized spacial score (nSPS) is 27.6. The number of thioether (sulfide) groups is 1. The summed E-state index contributed by atoms with van der Waals surface area (Å²) in [6.07, 6.45) is 1.28. The smallest absolute Gasteiger partial charge is 0.327 e. The molecule has 7 nitrogen and oxygen atoms in total. The Morgan fingerprint density at radius 1 is 1.22 bits per heavy atom. The molecule has 2 heterocycles. The summed E-state index contributed by atoms with van der Waals surface area (Å²) in [5.74, 6) is -0.809. The summed E-state index contributed by atoms with van der Waals surface area (Å²) in [6, 6.07) is -1.80. The molecule has 0 aromatic rings. The lowest BCUT2D eigenvalue weighted by Gasteiger charge is -2.29. The van der Waals surface area contributed by atoms with E-state index in [1.54, 1.807) is 0 Å². The lowest BCUT2D eigenvalue weighted by Crippen LogP contribution is -2.52. The number of rotatable bonds is 2. The first kappa shape index (κ1) is 13.0. The molecule has 18 heavy (non-hydrogen) atoms. The topological polar surface area (TPSA) is 104 Å². The van der Waals surface area contributed by atoms with Gasteiger partial charge in [0, 0.05) is 12.3 Å². The average molecular weight is 273 g/mol. The predicted octanol–water partition coefficient (Wildman–Crippen LogP) is -0.484. The van der Waals surface area contributed by atoms with Crippen LogP contribution in [0, 0.1) is 0 Å². The van der Waals surface area contributed by atoms with Gasteiger partial charge < -0.3 is 20.6 Å². The van der Waals surface area contributed by atoms with Gasteiger partial charge in [-0.25, -0.2) is 9.59 Å². The van der Waals surface area contributed by atoms with Crippen LogP contribution in [-0.2, 0) is 9.59 Å². The van der Waals surface area contributed by atoms with Crippen LogP contribution in [0.3, 0.4) is 0 Å².